The number of nitrogens with one attached hydrogen (secondary N) is 1. The quantitative estimate of drug-likeness (QED) is 0.757. The number of fused-ring (bicyclic) bond motifs is 2. The summed E-state index contributed by atoms with van der Waals surface area (Å²) >= 11 is 0. The van der Waals surface area contributed by atoms with Crippen molar-refractivity contribution in [2.45, 2.75) is 33.0 Å². The molecule has 27 heavy (non-hydrogen) atoms. The Labute approximate surface area is 154 Å². The summed E-state index contributed by atoms with van der Waals surface area (Å²) < 4.78 is 40.1. The number of alkyl halides is 3. The van der Waals surface area contributed by atoms with Gasteiger partial charge in [-0.2, -0.15) is 22.7 Å². The van der Waals surface area contributed by atoms with Crippen LogP contribution < -0.4 is 5.32 Å². The van der Waals surface area contributed by atoms with Crippen LogP contribution >= 0.6 is 0 Å². The van der Waals surface area contributed by atoms with E-state index in [4.69, 9.17) is 0 Å². The third-order valence-electron chi connectivity index (χ3n) is 4.75. The molecule has 142 valence electrons. The van der Waals surface area contributed by atoms with Gasteiger partial charge in [0.2, 0.25) is 0 Å². The van der Waals surface area contributed by atoms with E-state index in [1.807, 2.05) is 12.1 Å². The lowest BCUT2D eigenvalue weighted by Crippen LogP contribution is -2.30. The fourth-order valence-electron chi connectivity index (χ4n) is 3.39. The molecule has 3 aromatic rings. The molecule has 0 amide bonds. The fourth-order valence-corrected chi connectivity index (χ4v) is 3.39. The zero-order valence-corrected chi connectivity index (χ0v) is 15.0. The molecular formula is C18H19F3N6. The van der Waals surface area contributed by atoms with Crippen molar-refractivity contribution < 1.29 is 13.2 Å². The highest BCUT2D eigenvalue weighted by molar-refractivity contribution is 5.64. The lowest BCUT2D eigenvalue weighted by Gasteiger charge is -2.29. The summed E-state index contributed by atoms with van der Waals surface area (Å²) in [5, 5.41) is 6.85. The molecule has 0 unspecified atom stereocenters. The van der Waals surface area contributed by atoms with Gasteiger partial charge in [-0.15, -0.1) is 5.10 Å². The number of aryl methyl sites for hydroxylation is 1. The second kappa shape index (κ2) is 6.49. The average molecular weight is 376 g/mol. The summed E-state index contributed by atoms with van der Waals surface area (Å²) in [6.07, 6.45) is -3.74. The van der Waals surface area contributed by atoms with E-state index in [9.17, 15) is 13.2 Å². The molecule has 6 nitrogen and oxygen atoms in total. The lowest BCUT2D eigenvalue weighted by molar-refractivity contribution is -0.144. The van der Waals surface area contributed by atoms with E-state index in [1.54, 1.807) is 13.0 Å². The minimum absolute atomic E-state index is 0.0771. The van der Waals surface area contributed by atoms with Crippen molar-refractivity contribution in [1.82, 2.24) is 24.5 Å². The molecule has 1 aliphatic rings. The number of benzene rings is 1. The molecule has 0 radical (unpaired) electrons. The van der Waals surface area contributed by atoms with Gasteiger partial charge in [-0.25, -0.2) is 4.98 Å². The van der Waals surface area contributed by atoms with Gasteiger partial charge in [0.05, 0.1) is 0 Å². The van der Waals surface area contributed by atoms with Crippen molar-refractivity contribution in [3.8, 4) is 0 Å². The van der Waals surface area contributed by atoms with Crippen molar-refractivity contribution >= 4 is 17.3 Å². The van der Waals surface area contributed by atoms with Gasteiger partial charge in [0, 0.05) is 30.5 Å². The summed E-state index contributed by atoms with van der Waals surface area (Å²) in [5.74, 6) is -0.865. The molecule has 4 rings (SSSR count). The molecule has 0 spiro atoms. The number of hydrogen-bond donors (Lipinski definition) is 1. The van der Waals surface area contributed by atoms with Crippen LogP contribution in [0.1, 0.15) is 29.6 Å². The Morgan fingerprint density at radius 3 is 2.78 bits per heavy atom. The van der Waals surface area contributed by atoms with Gasteiger partial charge in [0.1, 0.15) is 5.82 Å². The number of anilines is 2. The highest BCUT2D eigenvalue weighted by atomic mass is 19.4. The van der Waals surface area contributed by atoms with Crippen LogP contribution in [0.3, 0.4) is 0 Å². The maximum atomic E-state index is 13.0. The van der Waals surface area contributed by atoms with Crippen LogP contribution in [0.4, 0.5) is 24.7 Å². The Morgan fingerprint density at radius 2 is 2.04 bits per heavy atom. The van der Waals surface area contributed by atoms with Crippen molar-refractivity contribution in [3.63, 3.8) is 0 Å². The molecule has 9 heteroatoms. The maximum absolute atomic E-state index is 13.0. The standard InChI is InChI=1S/C18H19F3N6/c1-3-26-8-7-13-12(10-26)5-4-6-14(13)23-15-9-11(2)22-17-24-16(18(19,20)21)25-27(15)17/h4-6,9,23H,3,7-8,10H2,1-2H3. The second-order valence-corrected chi connectivity index (χ2v) is 6.61. The number of nitrogens with zero attached hydrogens (tertiary/aromatic N) is 5. The van der Waals surface area contributed by atoms with Crippen molar-refractivity contribution in [2.75, 3.05) is 18.4 Å². The largest absolute Gasteiger partial charge is 0.453 e. The van der Waals surface area contributed by atoms with Crippen LogP contribution in [0.25, 0.3) is 5.78 Å². The van der Waals surface area contributed by atoms with Gasteiger partial charge in [0.25, 0.3) is 11.6 Å². The van der Waals surface area contributed by atoms with Gasteiger partial charge >= 0.3 is 6.18 Å². The van der Waals surface area contributed by atoms with Crippen LogP contribution in [0.2, 0.25) is 0 Å². The van der Waals surface area contributed by atoms with Crippen molar-refractivity contribution in [3.05, 3.63) is 46.9 Å². The molecule has 1 aromatic carbocycles. The van der Waals surface area contributed by atoms with Crippen LogP contribution in [-0.4, -0.2) is 37.6 Å². The number of hydrogen-bond acceptors (Lipinski definition) is 5. The van der Waals surface area contributed by atoms with Crippen molar-refractivity contribution in [2.24, 2.45) is 0 Å². The predicted octanol–water partition coefficient (Wildman–Crippen LogP) is 3.57. The van der Waals surface area contributed by atoms with Gasteiger partial charge in [-0.3, -0.25) is 4.90 Å². The van der Waals surface area contributed by atoms with Crippen LogP contribution in [-0.2, 0) is 19.1 Å². The Morgan fingerprint density at radius 1 is 1.22 bits per heavy atom. The summed E-state index contributed by atoms with van der Waals surface area (Å²) in [4.78, 5) is 9.94. The molecule has 0 saturated heterocycles. The highest BCUT2D eigenvalue weighted by Crippen LogP contribution is 2.30. The Bertz CT molecular complexity index is 995. The van der Waals surface area contributed by atoms with Crippen LogP contribution in [0, 0.1) is 6.92 Å². The SMILES string of the molecule is CCN1CCc2c(cccc2Nc2cc(C)nc3nc(C(F)(F)F)nn23)C1. The Kier molecular flexibility index (Phi) is 4.26. The first-order chi connectivity index (χ1) is 12.8. The first-order valence-corrected chi connectivity index (χ1v) is 8.77. The van der Waals surface area contributed by atoms with Gasteiger partial charge in [-0.1, -0.05) is 19.1 Å². The third kappa shape index (κ3) is 3.34. The average Bonchev–Trinajstić information content (AvgIpc) is 3.06. The van der Waals surface area contributed by atoms with Gasteiger partial charge in [-0.05, 0) is 37.1 Å². The molecule has 0 fully saturated rings. The van der Waals surface area contributed by atoms with Gasteiger partial charge < -0.3 is 5.32 Å². The predicted molar refractivity (Wildman–Crippen MR) is 94.9 cm³/mol. The third-order valence-corrected chi connectivity index (χ3v) is 4.75. The second-order valence-electron chi connectivity index (χ2n) is 6.61. The Balaban J connectivity index is 1.75. The molecule has 2 aromatic heterocycles. The molecule has 1 aliphatic heterocycles. The molecule has 3 heterocycles. The van der Waals surface area contributed by atoms with E-state index in [1.165, 1.54) is 11.1 Å². The van der Waals surface area contributed by atoms with E-state index >= 15 is 0 Å². The first kappa shape index (κ1) is 17.7. The summed E-state index contributed by atoms with van der Waals surface area (Å²) in [6, 6.07) is 7.65. The smallest absolute Gasteiger partial charge is 0.340 e. The first-order valence-electron chi connectivity index (χ1n) is 8.77. The number of aromatic nitrogens is 4. The van der Waals surface area contributed by atoms with Gasteiger partial charge in [0.15, 0.2) is 0 Å². The molecule has 0 atom stereocenters. The minimum Gasteiger partial charge on any atom is -0.340 e. The minimum atomic E-state index is -4.62. The summed E-state index contributed by atoms with van der Waals surface area (Å²) in [5.41, 5.74) is 3.85. The number of halogens is 3. The fraction of sp³-hybridized carbons (Fsp3) is 0.389. The molecule has 0 bridgehead atoms. The Hall–Kier alpha value is -2.68. The monoisotopic (exact) mass is 376 g/mol. The van der Waals surface area contributed by atoms with E-state index in [2.05, 4.69) is 38.3 Å². The maximum Gasteiger partial charge on any atom is 0.453 e. The molecule has 1 N–H and O–H groups in total. The summed E-state index contributed by atoms with van der Waals surface area (Å²) in [7, 11) is 0. The van der Waals surface area contributed by atoms with Crippen molar-refractivity contribution in [1.29, 1.82) is 0 Å². The number of rotatable bonds is 3. The number of likely N-dealkylation sites (N-methyl/N-ethyl adjacent to an activating group) is 1. The highest BCUT2D eigenvalue weighted by Gasteiger charge is 2.37. The molecule has 0 saturated carbocycles. The van der Waals surface area contributed by atoms with Crippen LogP contribution in [0.15, 0.2) is 24.3 Å². The van der Waals surface area contributed by atoms with E-state index < -0.39 is 12.0 Å². The van der Waals surface area contributed by atoms with E-state index in [-0.39, 0.29) is 5.78 Å². The zero-order valence-electron chi connectivity index (χ0n) is 15.0. The van der Waals surface area contributed by atoms with E-state index in [0.29, 0.717) is 11.5 Å². The van der Waals surface area contributed by atoms with E-state index in [0.717, 1.165) is 36.3 Å². The lowest BCUT2D eigenvalue weighted by atomic mass is 9.97. The van der Waals surface area contributed by atoms with Crippen LogP contribution in [0.5, 0.6) is 0 Å². The normalized spacial score (nSPS) is 15.1. The molecular weight excluding hydrogens is 357 g/mol. The molecule has 0 aliphatic carbocycles. The zero-order chi connectivity index (χ0) is 19.2. The summed E-state index contributed by atoms with van der Waals surface area (Å²) in [6.45, 7) is 6.65. The topological polar surface area (TPSA) is 58.3 Å².